The summed E-state index contributed by atoms with van der Waals surface area (Å²) in [4.78, 5) is 0. The van der Waals surface area contributed by atoms with Crippen LogP contribution in [0.1, 0.15) is 54.4 Å². The highest BCUT2D eigenvalue weighted by Gasteiger charge is 2.08. The van der Waals surface area contributed by atoms with Crippen molar-refractivity contribution in [2.75, 3.05) is 0 Å². The van der Waals surface area contributed by atoms with Gasteiger partial charge in [0, 0.05) is 0 Å². The maximum atomic E-state index is 3.84. The molecule has 0 spiro atoms. The van der Waals surface area contributed by atoms with Gasteiger partial charge in [0.1, 0.15) is 0 Å². The molecule has 0 aliphatic rings. The Balaban J connectivity index is 0. The molecule has 0 nitrogen and oxygen atoms in total. The molecule has 0 rings (SSSR count). The van der Waals surface area contributed by atoms with E-state index in [1.807, 2.05) is 0 Å². The van der Waals surface area contributed by atoms with Gasteiger partial charge in [0.15, 0.2) is 0 Å². The summed E-state index contributed by atoms with van der Waals surface area (Å²) in [6.07, 6.45) is 2.38. The molecule has 0 saturated carbocycles. The Bertz CT molecular complexity index is 93.1. The summed E-state index contributed by atoms with van der Waals surface area (Å²) in [6.45, 7) is 16.8. The molecule has 0 aliphatic heterocycles. The number of hydrogen-bond donors (Lipinski definition) is 0. The van der Waals surface area contributed by atoms with Gasteiger partial charge in [0.2, 0.25) is 0 Å². The lowest BCUT2D eigenvalue weighted by molar-refractivity contribution is 0.410. The summed E-state index contributed by atoms with van der Waals surface area (Å²) in [5, 5.41) is 0. The van der Waals surface area contributed by atoms with Crippen molar-refractivity contribution in [1.29, 1.82) is 0 Å². The van der Waals surface area contributed by atoms with E-state index in [0.717, 1.165) is 6.42 Å². The summed E-state index contributed by atoms with van der Waals surface area (Å²) in [6, 6.07) is 0. The third-order valence-corrected chi connectivity index (χ3v) is 0.832. The van der Waals surface area contributed by atoms with E-state index in [1.54, 1.807) is 0 Å². The molecule has 0 N–H and O–H groups in total. The van der Waals surface area contributed by atoms with Gasteiger partial charge in [0.25, 0.3) is 0 Å². The lowest BCUT2D eigenvalue weighted by atomic mass is 9.89. The van der Waals surface area contributed by atoms with Crippen molar-refractivity contribution in [3.63, 3.8) is 0 Å². The van der Waals surface area contributed by atoms with Crippen LogP contribution in [0.15, 0.2) is 12.2 Å². The lowest BCUT2D eigenvalue weighted by Gasteiger charge is -2.17. The summed E-state index contributed by atoms with van der Waals surface area (Å²) >= 11 is 0. The van der Waals surface area contributed by atoms with E-state index in [0.29, 0.717) is 5.41 Å². The maximum absolute atomic E-state index is 3.84. The van der Waals surface area contributed by atoms with Crippen molar-refractivity contribution >= 4 is 0 Å². The predicted molar refractivity (Wildman–Crippen MR) is 54.9 cm³/mol. The summed E-state index contributed by atoms with van der Waals surface area (Å²) in [5.74, 6) is 0. The highest BCUT2D eigenvalue weighted by Crippen LogP contribution is 2.22. The molecule has 0 aromatic heterocycles. The van der Waals surface area contributed by atoms with Crippen molar-refractivity contribution < 1.29 is 0 Å². The van der Waals surface area contributed by atoms with Crippen molar-refractivity contribution in [2.24, 2.45) is 5.41 Å². The normalized spacial score (nSPS) is 10.0. The van der Waals surface area contributed by atoms with Crippen molar-refractivity contribution in [3.05, 3.63) is 12.2 Å². The molecule has 0 aromatic carbocycles. The largest absolute Gasteiger partial charge is 0.100 e. The minimum Gasteiger partial charge on any atom is -0.100 e. The summed E-state index contributed by atoms with van der Waals surface area (Å²) in [5.41, 5.74) is 1.70. The van der Waals surface area contributed by atoms with Crippen molar-refractivity contribution in [1.82, 2.24) is 0 Å². The molecule has 0 atom stereocenters. The van der Waals surface area contributed by atoms with Gasteiger partial charge in [-0.05, 0) is 18.8 Å². The molecule has 0 radical (unpaired) electrons. The van der Waals surface area contributed by atoms with Crippen LogP contribution in [0.5, 0.6) is 0 Å². The van der Waals surface area contributed by atoms with Crippen LogP contribution in [0.25, 0.3) is 0 Å². The van der Waals surface area contributed by atoms with E-state index in [1.165, 1.54) is 12.0 Å². The van der Waals surface area contributed by atoms with Gasteiger partial charge >= 0.3 is 0 Å². The second-order valence-corrected chi connectivity index (χ2v) is 4.40. The third-order valence-electron chi connectivity index (χ3n) is 0.832. The average molecular weight is 156 g/mol. The summed E-state index contributed by atoms with van der Waals surface area (Å²) < 4.78 is 0. The quantitative estimate of drug-likeness (QED) is 0.493. The van der Waals surface area contributed by atoms with Crippen LogP contribution < -0.4 is 0 Å². The van der Waals surface area contributed by atoms with Crippen LogP contribution >= 0.6 is 0 Å². The zero-order chi connectivity index (χ0) is 9.49. The van der Waals surface area contributed by atoms with E-state index < -0.39 is 0 Å². The Morgan fingerprint density at radius 3 is 1.45 bits per heavy atom. The van der Waals surface area contributed by atoms with E-state index in [9.17, 15) is 0 Å². The molecule has 68 valence electrons. The van der Waals surface area contributed by atoms with Crippen molar-refractivity contribution in [3.8, 4) is 0 Å². The van der Waals surface area contributed by atoms with Gasteiger partial charge in [-0.2, -0.15) is 0 Å². The highest BCUT2D eigenvalue weighted by molar-refractivity contribution is 4.91. The fourth-order valence-electron chi connectivity index (χ4n) is 0.905. The molecule has 11 heavy (non-hydrogen) atoms. The van der Waals surface area contributed by atoms with Crippen LogP contribution in [-0.4, -0.2) is 0 Å². The van der Waals surface area contributed by atoms with E-state index in [4.69, 9.17) is 0 Å². The topological polar surface area (TPSA) is 0 Å². The van der Waals surface area contributed by atoms with Crippen LogP contribution in [-0.2, 0) is 0 Å². The molecular formula is C11H24. The molecule has 0 saturated heterocycles. The first-order valence-electron chi connectivity index (χ1n) is 4.47. The Morgan fingerprint density at radius 2 is 1.45 bits per heavy atom. The molecule has 0 heterocycles. The molecule has 0 heteroatoms. The van der Waals surface area contributed by atoms with Crippen molar-refractivity contribution in [2.45, 2.75) is 54.4 Å². The van der Waals surface area contributed by atoms with Crippen LogP contribution in [0.4, 0.5) is 0 Å². The first-order valence-corrected chi connectivity index (χ1v) is 4.47. The molecule has 0 fully saturated rings. The first kappa shape index (κ1) is 13.3. The molecule has 0 bridgehead atoms. The Kier molecular flexibility index (Phi) is 7.82. The van der Waals surface area contributed by atoms with Gasteiger partial charge in [-0.1, -0.05) is 46.6 Å². The maximum Gasteiger partial charge on any atom is -0.0277 e. The Morgan fingerprint density at radius 1 is 1.18 bits per heavy atom. The zero-order valence-electron chi connectivity index (χ0n) is 9.12. The molecule has 0 aliphatic carbocycles. The van der Waals surface area contributed by atoms with Gasteiger partial charge in [-0.15, -0.1) is 6.58 Å². The average Bonchev–Trinajstić information content (AvgIpc) is 1.57. The van der Waals surface area contributed by atoms with Gasteiger partial charge in [0.05, 0.1) is 0 Å². The minimum atomic E-state index is 0.422. The van der Waals surface area contributed by atoms with Crippen LogP contribution in [0.3, 0.4) is 0 Å². The predicted octanol–water partition coefficient (Wildman–Crippen LogP) is 4.42. The van der Waals surface area contributed by atoms with E-state index >= 15 is 0 Å². The molecule has 0 aromatic rings. The minimum absolute atomic E-state index is 0.422. The van der Waals surface area contributed by atoms with E-state index in [-0.39, 0.29) is 0 Å². The standard InChI is InChI=1S/C8H16.C3H8/c1-7(2)6-8(3,4)5;1-3-2/h1,6H2,2-5H3;3H2,1-2H3. The second-order valence-electron chi connectivity index (χ2n) is 4.40. The third kappa shape index (κ3) is 26.0. The van der Waals surface area contributed by atoms with E-state index in [2.05, 4.69) is 48.1 Å². The molecule has 0 amide bonds. The molecule has 0 unspecified atom stereocenters. The monoisotopic (exact) mass is 156 g/mol. The Labute approximate surface area is 72.7 Å². The van der Waals surface area contributed by atoms with Gasteiger partial charge in [-0.25, -0.2) is 0 Å². The SMILES string of the molecule is C=C(C)CC(C)(C)C.CCC. The first-order chi connectivity index (χ1) is 4.83. The smallest absolute Gasteiger partial charge is 0.0277 e. The van der Waals surface area contributed by atoms with Gasteiger partial charge < -0.3 is 0 Å². The van der Waals surface area contributed by atoms with Crippen LogP contribution in [0, 0.1) is 5.41 Å². The highest BCUT2D eigenvalue weighted by atomic mass is 14.1. The number of hydrogen-bond acceptors (Lipinski definition) is 0. The zero-order valence-corrected chi connectivity index (χ0v) is 9.12. The lowest BCUT2D eigenvalue weighted by Crippen LogP contribution is -2.03. The fourth-order valence-corrected chi connectivity index (χ4v) is 0.905. The fraction of sp³-hybridized carbons (Fsp3) is 0.818. The van der Waals surface area contributed by atoms with Gasteiger partial charge in [-0.3, -0.25) is 0 Å². The number of allylic oxidation sites excluding steroid dienone is 1. The molecular weight excluding hydrogens is 132 g/mol. The number of rotatable bonds is 1. The van der Waals surface area contributed by atoms with Crippen LogP contribution in [0.2, 0.25) is 0 Å². The summed E-state index contributed by atoms with van der Waals surface area (Å²) in [7, 11) is 0. The second kappa shape index (κ2) is 6.45. The Hall–Kier alpha value is -0.260.